The summed E-state index contributed by atoms with van der Waals surface area (Å²) in [4.78, 5) is 30.3. The molecule has 0 saturated heterocycles. The van der Waals surface area contributed by atoms with E-state index in [0.29, 0.717) is 23.0 Å². The molecule has 0 spiro atoms. The molecule has 0 N–H and O–H groups in total. The maximum absolute atomic E-state index is 13.8. The number of fused-ring (bicyclic) bond motifs is 1. The van der Waals surface area contributed by atoms with Crippen molar-refractivity contribution in [1.29, 1.82) is 0 Å². The molecule has 2 aromatic heterocycles. The molecule has 0 saturated carbocycles. The van der Waals surface area contributed by atoms with Crippen molar-refractivity contribution >= 4 is 22.5 Å². The molecule has 0 aliphatic heterocycles. The third-order valence-corrected chi connectivity index (χ3v) is 5.36. The van der Waals surface area contributed by atoms with Crippen LogP contribution in [-0.4, -0.2) is 19.3 Å². The number of para-hydroxylation sites is 1. The number of halogens is 2. The summed E-state index contributed by atoms with van der Waals surface area (Å²) in [5.41, 5.74) is 0.146. The smallest absolute Gasteiger partial charge is 0.331 e. The van der Waals surface area contributed by atoms with Gasteiger partial charge in [-0.15, -0.1) is 0 Å². The average molecular weight is 443 g/mol. The molecule has 7 nitrogen and oxygen atoms in total. The highest BCUT2D eigenvalue weighted by molar-refractivity contribution is 6.30. The number of hydrogen-bond donors (Lipinski definition) is 0. The fourth-order valence-corrected chi connectivity index (χ4v) is 3.57. The monoisotopic (exact) mass is 442 g/mol. The average Bonchev–Trinajstić information content (AvgIpc) is 3.24. The largest absolute Gasteiger partial charge is 0.337 e. The number of hydrogen-bond acceptors (Lipinski definition) is 5. The van der Waals surface area contributed by atoms with Gasteiger partial charge in [-0.05, 0) is 36.8 Å². The molecule has 0 unspecified atom stereocenters. The van der Waals surface area contributed by atoms with Gasteiger partial charge in [-0.2, -0.15) is 4.98 Å². The van der Waals surface area contributed by atoms with E-state index >= 15 is 0 Å². The predicted octanol–water partition coefficient (Wildman–Crippen LogP) is 4.24. The summed E-state index contributed by atoms with van der Waals surface area (Å²) in [5.74, 6) is -0.248. The van der Waals surface area contributed by atoms with Crippen LogP contribution in [0.15, 0.2) is 56.6 Å². The lowest BCUT2D eigenvalue weighted by Crippen LogP contribution is -2.40. The number of aromatic nitrogens is 4. The first-order valence-electron chi connectivity index (χ1n) is 10.00. The van der Waals surface area contributed by atoms with Crippen molar-refractivity contribution in [2.45, 2.75) is 39.3 Å². The van der Waals surface area contributed by atoms with Crippen molar-refractivity contribution in [3.05, 3.63) is 80.0 Å². The quantitative estimate of drug-likeness (QED) is 0.400. The van der Waals surface area contributed by atoms with Crippen molar-refractivity contribution in [3.63, 3.8) is 0 Å². The summed E-state index contributed by atoms with van der Waals surface area (Å²) in [5, 5.41) is 4.32. The molecule has 31 heavy (non-hydrogen) atoms. The van der Waals surface area contributed by atoms with Gasteiger partial charge in [0.05, 0.1) is 15.9 Å². The first-order chi connectivity index (χ1) is 15.0. The number of unbranched alkanes of at least 4 members (excludes halogenated alkanes) is 2. The second-order valence-electron chi connectivity index (χ2n) is 7.19. The van der Waals surface area contributed by atoms with Gasteiger partial charge in [0.15, 0.2) is 0 Å². The second kappa shape index (κ2) is 8.85. The lowest BCUT2D eigenvalue weighted by Gasteiger charge is -2.12. The minimum atomic E-state index is -0.591. The van der Waals surface area contributed by atoms with Gasteiger partial charge in [0, 0.05) is 12.1 Å². The lowest BCUT2D eigenvalue weighted by molar-refractivity contribution is 0.369. The zero-order valence-corrected chi connectivity index (χ0v) is 17.6. The molecule has 160 valence electrons. The van der Waals surface area contributed by atoms with E-state index in [2.05, 4.69) is 17.1 Å². The van der Waals surface area contributed by atoms with E-state index in [4.69, 9.17) is 16.1 Å². The van der Waals surface area contributed by atoms with E-state index in [1.54, 1.807) is 30.3 Å². The third kappa shape index (κ3) is 4.16. The van der Waals surface area contributed by atoms with Crippen LogP contribution in [0.1, 0.15) is 32.1 Å². The van der Waals surface area contributed by atoms with Crippen LogP contribution in [0.3, 0.4) is 0 Å². The normalized spacial score (nSPS) is 11.3. The maximum Gasteiger partial charge on any atom is 0.331 e. The van der Waals surface area contributed by atoms with Crippen LogP contribution >= 0.6 is 11.6 Å². The van der Waals surface area contributed by atoms with Crippen LogP contribution in [0, 0.1) is 5.82 Å². The van der Waals surface area contributed by atoms with Crippen molar-refractivity contribution in [3.8, 4) is 11.4 Å². The maximum atomic E-state index is 13.8. The van der Waals surface area contributed by atoms with Gasteiger partial charge >= 0.3 is 5.69 Å². The Kier molecular flexibility index (Phi) is 5.99. The van der Waals surface area contributed by atoms with Gasteiger partial charge in [0.25, 0.3) is 5.56 Å². The fraction of sp³-hybridized carbons (Fsp3) is 0.273. The molecule has 9 heteroatoms. The molecule has 4 rings (SSSR count). The van der Waals surface area contributed by atoms with E-state index in [-0.39, 0.29) is 28.8 Å². The Balaban J connectivity index is 1.74. The molecule has 0 aliphatic rings. The number of nitrogens with zero attached hydrogens (tertiary/aromatic N) is 4. The SMILES string of the molecule is CCCCCn1c(=O)c2ccccc2n(Cc2nc(-c3ccc(Cl)c(F)c3)no2)c1=O. The molecule has 0 aliphatic carbocycles. The minimum absolute atomic E-state index is 0.00387. The Morgan fingerprint density at radius 2 is 1.90 bits per heavy atom. The lowest BCUT2D eigenvalue weighted by atomic mass is 10.2. The van der Waals surface area contributed by atoms with E-state index in [0.717, 1.165) is 19.3 Å². The third-order valence-electron chi connectivity index (χ3n) is 5.06. The van der Waals surface area contributed by atoms with Crippen LogP contribution in [-0.2, 0) is 13.1 Å². The Hall–Kier alpha value is -3.26. The molecular formula is C22H20ClFN4O3. The molecule has 2 heterocycles. The highest BCUT2D eigenvalue weighted by atomic mass is 35.5. The van der Waals surface area contributed by atoms with E-state index in [1.807, 2.05) is 0 Å². The second-order valence-corrected chi connectivity index (χ2v) is 7.60. The standard InChI is InChI=1S/C22H20ClFN4O3/c1-2-3-6-11-27-21(29)15-7-4-5-8-18(15)28(22(27)30)13-19-25-20(26-31-19)14-9-10-16(23)17(24)12-14/h4-5,7-10,12H,2-3,6,11,13H2,1H3. The van der Waals surface area contributed by atoms with Gasteiger partial charge in [-0.25, -0.2) is 9.18 Å². The van der Waals surface area contributed by atoms with Crippen LogP contribution in [0.4, 0.5) is 4.39 Å². The highest BCUT2D eigenvalue weighted by Crippen LogP contribution is 2.22. The number of benzene rings is 2. The van der Waals surface area contributed by atoms with Crippen LogP contribution in [0.25, 0.3) is 22.3 Å². The first-order valence-corrected chi connectivity index (χ1v) is 10.4. The van der Waals surface area contributed by atoms with E-state index < -0.39 is 11.5 Å². The number of rotatable bonds is 7. The summed E-state index contributed by atoms with van der Waals surface area (Å²) in [6.45, 7) is 2.38. The molecule has 0 bridgehead atoms. The van der Waals surface area contributed by atoms with Gasteiger partial charge in [0.1, 0.15) is 12.4 Å². The van der Waals surface area contributed by atoms with Gasteiger partial charge in [-0.3, -0.25) is 13.9 Å². The van der Waals surface area contributed by atoms with Crippen molar-refractivity contribution in [2.24, 2.45) is 0 Å². The molecule has 0 radical (unpaired) electrons. The van der Waals surface area contributed by atoms with Crippen LogP contribution < -0.4 is 11.2 Å². The van der Waals surface area contributed by atoms with Crippen LogP contribution in [0.5, 0.6) is 0 Å². The van der Waals surface area contributed by atoms with Crippen molar-refractivity contribution in [2.75, 3.05) is 0 Å². The first kappa shape index (κ1) is 21.0. The summed E-state index contributed by atoms with van der Waals surface area (Å²) >= 11 is 5.72. The Morgan fingerprint density at radius 3 is 2.68 bits per heavy atom. The molecule has 4 aromatic rings. The van der Waals surface area contributed by atoms with Crippen molar-refractivity contribution in [1.82, 2.24) is 19.3 Å². The summed E-state index contributed by atoms with van der Waals surface area (Å²) in [7, 11) is 0. The van der Waals surface area contributed by atoms with Gasteiger partial charge < -0.3 is 4.52 Å². The summed E-state index contributed by atoms with van der Waals surface area (Å²) in [6, 6.07) is 11.1. The topological polar surface area (TPSA) is 82.9 Å². The minimum Gasteiger partial charge on any atom is -0.337 e. The molecular weight excluding hydrogens is 423 g/mol. The molecule has 0 fully saturated rings. The van der Waals surface area contributed by atoms with E-state index in [1.165, 1.54) is 21.3 Å². The Bertz CT molecular complexity index is 1360. The van der Waals surface area contributed by atoms with E-state index in [9.17, 15) is 14.0 Å². The zero-order valence-electron chi connectivity index (χ0n) is 16.8. The Morgan fingerprint density at radius 1 is 1.10 bits per heavy atom. The fourth-order valence-electron chi connectivity index (χ4n) is 3.45. The van der Waals surface area contributed by atoms with Gasteiger partial charge in [0.2, 0.25) is 11.7 Å². The molecule has 2 aromatic carbocycles. The van der Waals surface area contributed by atoms with Crippen molar-refractivity contribution < 1.29 is 8.91 Å². The molecule has 0 atom stereocenters. The highest BCUT2D eigenvalue weighted by Gasteiger charge is 2.16. The Labute approximate surface area is 181 Å². The summed E-state index contributed by atoms with van der Waals surface area (Å²) < 4.78 is 21.8. The summed E-state index contributed by atoms with van der Waals surface area (Å²) in [6.07, 6.45) is 2.63. The van der Waals surface area contributed by atoms with Crippen LogP contribution in [0.2, 0.25) is 5.02 Å². The zero-order chi connectivity index (χ0) is 22.0. The van der Waals surface area contributed by atoms with Gasteiger partial charge in [-0.1, -0.05) is 48.7 Å². The predicted molar refractivity (Wildman–Crippen MR) is 116 cm³/mol. The molecule has 0 amide bonds.